The lowest BCUT2D eigenvalue weighted by molar-refractivity contribution is -0.384. The Kier molecular flexibility index (Phi) is 4.67. The zero-order valence-electron chi connectivity index (χ0n) is 8.94. The van der Waals surface area contributed by atoms with Crippen LogP contribution in [-0.2, 0) is 0 Å². The first-order valence-corrected chi connectivity index (χ1v) is 5.95. The Morgan fingerprint density at radius 3 is 2.75 bits per heavy atom. The summed E-state index contributed by atoms with van der Waals surface area (Å²) >= 11 is 6.94. The first-order chi connectivity index (χ1) is 7.45. The first kappa shape index (κ1) is 13.4. The lowest BCUT2D eigenvalue weighted by Crippen LogP contribution is -2.31. The Hall–Kier alpha value is -0.690. The number of nitrogens with zero attached hydrogens (tertiary/aromatic N) is 1. The third-order valence-corrected chi connectivity index (χ3v) is 3.64. The van der Waals surface area contributed by atoms with Crippen molar-refractivity contribution >= 4 is 28.6 Å². The maximum absolute atomic E-state index is 10.6. The molecular weight excluding hydrogens is 252 g/mol. The van der Waals surface area contributed by atoms with E-state index in [9.17, 15) is 10.1 Å². The normalized spacial score (nSPS) is 14.8. The maximum Gasteiger partial charge on any atom is 0.299 e. The van der Waals surface area contributed by atoms with Gasteiger partial charge in [0.1, 0.15) is 0 Å². The zero-order chi connectivity index (χ0) is 12.3. The number of aliphatic hydroxyl groups excluding tert-OH is 1. The highest BCUT2D eigenvalue weighted by atomic mass is 35.5. The van der Waals surface area contributed by atoms with Crippen molar-refractivity contribution in [2.45, 2.75) is 25.9 Å². The van der Waals surface area contributed by atoms with Gasteiger partial charge >= 0.3 is 0 Å². The maximum atomic E-state index is 10.6. The molecule has 90 valence electrons. The molecule has 0 fully saturated rings. The van der Waals surface area contributed by atoms with Gasteiger partial charge in [0.05, 0.1) is 11.5 Å². The predicted octanol–water partition coefficient (Wildman–Crippen LogP) is 2.34. The first-order valence-electron chi connectivity index (χ1n) is 4.76. The summed E-state index contributed by atoms with van der Waals surface area (Å²) in [7, 11) is 0. The summed E-state index contributed by atoms with van der Waals surface area (Å²) in [6.45, 7) is 3.73. The molecule has 0 aromatic carbocycles. The number of halogens is 1. The van der Waals surface area contributed by atoms with Gasteiger partial charge in [-0.1, -0.05) is 11.6 Å². The highest BCUT2D eigenvalue weighted by Crippen LogP contribution is 2.36. The van der Waals surface area contributed by atoms with Crippen LogP contribution in [0.3, 0.4) is 0 Å². The van der Waals surface area contributed by atoms with Crippen LogP contribution < -0.4 is 5.32 Å². The summed E-state index contributed by atoms with van der Waals surface area (Å²) in [6.07, 6.45) is 0. The van der Waals surface area contributed by atoms with E-state index in [1.54, 1.807) is 0 Å². The van der Waals surface area contributed by atoms with E-state index in [0.29, 0.717) is 0 Å². The lowest BCUT2D eigenvalue weighted by atomic mass is 10.2. The number of hydrogen-bond donors (Lipinski definition) is 2. The van der Waals surface area contributed by atoms with Crippen molar-refractivity contribution < 1.29 is 10.0 Å². The summed E-state index contributed by atoms with van der Waals surface area (Å²) in [5.74, 6) is 0. The lowest BCUT2D eigenvalue weighted by Gasteiger charge is -2.16. The minimum absolute atomic E-state index is 0.0194. The van der Waals surface area contributed by atoms with Crippen LogP contribution in [-0.4, -0.2) is 22.7 Å². The quantitative estimate of drug-likeness (QED) is 0.632. The van der Waals surface area contributed by atoms with Crippen molar-refractivity contribution in [1.82, 2.24) is 5.32 Å². The van der Waals surface area contributed by atoms with E-state index in [0.717, 1.165) is 4.88 Å². The van der Waals surface area contributed by atoms with E-state index in [4.69, 9.17) is 16.7 Å². The van der Waals surface area contributed by atoms with Crippen molar-refractivity contribution in [3.8, 4) is 0 Å². The smallest absolute Gasteiger partial charge is 0.299 e. The van der Waals surface area contributed by atoms with E-state index in [1.165, 1.54) is 17.4 Å². The molecule has 0 saturated carbocycles. The van der Waals surface area contributed by atoms with E-state index in [2.05, 4.69) is 5.32 Å². The van der Waals surface area contributed by atoms with Crippen LogP contribution in [0.1, 0.15) is 24.8 Å². The van der Waals surface area contributed by atoms with Gasteiger partial charge in [0.2, 0.25) is 0 Å². The molecule has 1 heterocycles. The van der Waals surface area contributed by atoms with Crippen LogP contribution >= 0.6 is 22.9 Å². The molecule has 1 aromatic rings. The number of thiophene rings is 1. The molecule has 16 heavy (non-hydrogen) atoms. The molecule has 1 unspecified atom stereocenters. The fourth-order valence-electron chi connectivity index (χ4n) is 1.28. The molecule has 2 N–H and O–H groups in total. The van der Waals surface area contributed by atoms with Crippen LogP contribution in [0.5, 0.6) is 0 Å². The molecule has 0 saturated heterocycles. The number of nitrogens with one attached hydrogen (secondary N) is 1. The van der Waals surface area contributed by atoms with Crippen LogP contribution in [0, 0.1) is 10.1 Å². The van der Waals surface area contributed by atoms with Crippen molar-refractivity contribution in [3.63, 3.8) is 0 Å². The monoisotopic (exact) mass is 264 g/mol. The minimum atomic E-state index is -0.496. The Balaban J connectivity index is 2.80. The number of nitro groups is 1. The number of aliphatic hydroxyl groups is 1. The van der Waals surface area contributed by atoms with Crippen LogP contribution in [0.4, 0.5) is 5.69 Å². The summed E-state index contributed by atoms with van der Waals surface area (Å²) in [5.41, 5.74) is -0.0630. The third kappa shape index (κ3) is 3.15. The molecule has 0 bridgehead atoms. The van der Waals surface area contributed by atoms with Gasteiger partial charge in [-0.25, -0.2) is 0 Å². The van der Waals surface area contributed by atoms with Crippen molar-refractivity contribution in [1.29, 1.82) is 0 Å². The molecule has 0 spiro atoms. The SMILES string of the molecule is CC(N[C@@H](C)CO)c1cc([N+](=O)[O-])c(Cl)s1. The molecule has 1 aromatic heterocycles. The second-order valence-electron chi connectivity index (χ2n) is 3.54. The van der Waals surface area contributed by atoms with Gasteiger partial charge in [0.25, 0.3) is 5.69 Å². The second kappa shape index (κ2) is 5.58. The molecule has 1 rings (SSSR count). The Labute approximate surface area is 102 Å². The number of hydrogen-bond acceptors (Lipinski definition) is 5. The van der Waals surface area contributed by atoms with Gasteiger partial charge < -0.3 is 10.4 Å². The van der Waals surface area contributed by atoms with Gasteiger partial charge in [-0.3, -0.25) is 10.1 Å². The van der Waals surface area contributed by atoms with Crippen LogP contribution in [0.2, 0.25) is 4.34 Å². The molecule has 0 aliphatic heterocycles. The predicted molar refractivity (Wildman–Crippen MR) is 64.1 cm³/mol. The van der Waals surface area contributed by atoms with E-state index in [1.807, 2.05) is 13.8 Å². The van der Waals surface area contributed by atoms with Gasteiger partial charge in [-0.15, -0.1) is 11.3 Å². The third-order valence-electron chi connectivity index (χ3n) is 2.12. The molecule has 7 heteroatoms. The standard InChI is InChI=1S/C9H13ClN2O3S/c1-5(4-13)11-6(2)8-3-7(12(14)15)9(10)16-8/h3,5-6,11,13H,4H2,1-2H3/t5-,6?/m0/s1. The second-order valence-corrected chi connectivity index (χ2v) is 5.22. The topological polar surface area (TPSA) is 75.4 Å². The zero-order valence-corrected chi connectivity index (χ0v) is 10.5. The highest BCUT2D eigenvalue weighted by molar-refractivity contribution is 7.16. The Bertz CT molecular complexity index is 383. The average molecular weight is 265 g/mol. The van der Waals surface area contributed by atoms with Gasteiger partial charge in [0.15, 0.2) is 4.34 Å². The average Bonchev–Trinajstić information content (AvgIpc) is 2.60. The van der Waals surface area contributed by atoms with E-state index >= 15 is 0 Å². The molecule has 2 atom stereocenters. The summed E-state index contributed by atoms with van der Waals surface area (Å²) in [6, 6.07) is 1.34. The van der Waals surface area contributed by atoms with Crippen molar-refractivity contribution in [3.05, 3.63) is 25.4 Å². The minimum Gasteiger partial charge on any atom is -0.395 e. The molecule has 0 amide bonds. The summed E-state index contributed by atoms with van der Waals surface area (Å²) in [4.78, 5) is 10.9. The fraction of sp³-hybridized carbons (Fsp3) is 0.556. The Morgan fingerprint density at radius 2 is 2.31 bits per heavy atom. The van der Waals surface area contributed by atoms with Gasteiger partial charge in [0, 0.05) is 23.0 Å². The molecule has 0 aliphatic carbocycles. The number of rotatable bonds is 5. The highest BCUT2D eigenvalue weighted by Gasteiger charge is 2.20. The summed E-state index contributed by atoms with van der Waals surface area (Å²) in [5, 5.41) is 22.6. The van der Waals surface area contributed by atoms with E-state index < -0.39 is 4.92 Å². The van der Waals surface area contributed by atoms with Crippen molar-refractivity contribution in [2.24, 2.45) is 0 Å². The van der Waals surface area contributed by atoms with Gasteiger partial charge in [-0.2, -0.15) is 0 Å². The molecule has 0 aliphatic rings. The van der Waals surface area contributed by atoms with Crippen LogP contribution in [0.25, 0.3) is 0 Å². The van der Waals surface area contributed by atoms with Crippen LogP contribution in [0.15, 0.2) is 6.07 Å². The van der Waals surface area contributed by atoms with Gasteiger partial charge in [-0.05, 0) is 13.8 Å². The fourth-order valence-corrected chi connectivity index (χ4v) is 2.53. The molecule has 5 nitrogen and oxygen atoms in total. The molecular formula is C9H13ClN2O3S. The summed E-state index contributed by atoms with van der Waals surface area (Å²) < 4.78 is 0.185. The largest absolute Gasteiger partial charge is 0.395 e. The van der Waals surface area contributed by atoms with E-state index in [-0.39, 0.29) is 28.7 Å². The Morgan fingerprint density at radius 1 is 1.69 bits per heavy atom. The van der Waals surface area contributed by atoms with Crippen molar-refractivity contribution in [2.75, 3.05) is 6.61 Å². The molecule has 0 radical (unpaired) electrons.